The summed E-state index contributed by atoms with van der Waals surface area (Å²) in [6.07, 6.45) is 6.40. The summed E-state index contributed by atoms with van der Waals surface area (Å²) in [5, 5.41) is 26.0. The van der Waals surface area contributed by atoms with Crippen LogP contribution in [-0.2, 0) is 6.54 Å². The lowest BCUT2D eigenvalue weighted by Crippen LogP contribution is -2.42. The number of ether oxygens (including phenoxy) is 1. The van der Waals surface area contributed by atoms with E-state index in [1.165, 1.54) is 37.7 Å². The molecule has 2 N–H and O–H groups in total. The molecule has 4 rings (SSSR count). The summed E-state index contributed by atoms with van der Waals surface area (Å²) >= 11 is 0. The van der Waals surface area contributed by atoms with Crippen molar-refractivity contribution in [3.05, 3.63) is 64.2 Å². The molecule has 0 aliphatic carbocycles. The molecule has 6 heteroatoms. The van der Waals surface area contributed by atoms with E-state index in [0.717, 1.165) is 11.1 Å². The van der Waals surface area contributed by atoms with Gasteiger partial charge in [0.15, 0.2) is 0 Å². The van der Waals surface area contributed by atoms with Crippen LogP contribution in [0.5, 0.6) is 5.75 Å². The summed E-state index contributed by atoms with van der Waals surface area (Å²) in [4.78, 5) is 2.73. The van der Waals surface area contributed by atoms with Crippen molar-refractivity contribution in [2.24, 2.45) is 0 Å². The highest BCUT2D eigenvalue weighted by atomic mass is 16.5. The van der Waals surface area contributed by atoms with E-state index >= 15 is 0 Å². The first kappa shape index (κ1) is 23.3. The summed E-state index contributed by atoms with van der Waals surface area (Å²) < 4.78 is 5.26. The standard InChI is InChI=1S/C27H33N5O/c1-18(32-22-5-4-6-23(32)10-9-22)24-11-7-19(15-28)14-25(24)27(30-2)31-17-20-8-12-26(33-3)21(13-20)16-29/h7-8,11-14,18,22-23,27,30-31H,4-6,9-10,17H2,1-3H3. The number of nitrogens with one attached hydrogen (secondary N) is 2. The van der Waals surface area contributed by atoms with Crippen LogP contribution in [0.3, 0.4) is 0 Å². The fourth-order valence-corrected chi connectivity index (χ4v) is 5.76. The molecule has 0 amide bonds. The average Bonchev–Trinajstić information content (AvgIpc) is 3.11. The number of fused-ring (bicyclic) bond motifs is 2. The Morgan fingerprint density at radius 2 is 1.79 bits per heavy atom. The third kappa shape index (κ3) is 4.75. The van der Waals surface area contributed by atoms with Gasteiger partial charge in [-0.1, -0.05) is 18.6 Å². The van der Waals surface area contributed by atoms with Gasteiger partial charge >= 0.3 is 0 Å². The van der Waals surface area contributed by atoms with E-state index in [1.54, 1.807) is 7.11 Å². The van der Waals surface area contributed by atoms with Crippen molar-refractivity contribution in [3.8, 4) is 17.9 Å². The largest absolute Gasteiger partial charge is 0.495 e. The molecule has 2 aromatic rings. The summed E-state index contributed by atoms with van der Waals surface area (Å²) in [6.45, 7) is 2.90. The van der Waals surface area contributed by atoms with E-state index < -0.39 is 0 Å². The maximum absolute atomic E-state index is 9.56. The van der Waals surface area contributed by atoms with Gasteiger partial charge in [-0.05, 0) is 80.6 Å². The quantitative estimate of drug-likeness (QED) is 0.584. The molecule has 33 heavy (non-hydrogen) atoms. The number of nitriles is 2. The van der Waals surface area contributed by atoms with Crippen LogP contribution in [0.25, 0.3) is 0 Å². The molecule has 2 saturated heterocycles. The van der Waals surface area contributed by atoms with E-state index in [0.29, 0.717) is 41.5 Å². The molecule has 2 fully saturated rings. The Bertz CT molecular complexity index is 1050. The second kappa shape index (κ2) is 10.4. The third-order valence-corrected chi connectivity index (χ3v) is 7.36. The van der Waals surface area contributed by atoms with Crippen molar-refractivity contribution in [3.63, 3.8) is 0 Å². The zero-order chi connectivity index (χ0) is 23.4. The molecule has 4 unspecified atom stereocenters. The Morgan fingerprint density at radius 1 is 1.03 bits per heavy atom. The molecule has 0 saturated carbocycles. The van der Waals surface area contributed by atoms with Crippen molar-refractivity contribution in [2.75, 3.05) is 14.2 Å². The van der Waals surface area contributed by atoms with E-state index in [1.807, 2.05) is 37.4 Å². The van der Waals surface area contributed by atoms with Crippen molar-refractivity contribution in [1.82, 2.24) is 15.5 Å². The second-order valence-corrected chi connectivity index (χ2v) is 9.14. The monoisotopic (exact) mass is 443 g/mol. The van der Waals surface area contributed by atoms with Crippen LogP contribution in [-0.4, -0.2) is 31.1 Å². The summed E-state index contributed by atoms with van der Waals surface area (Å²) in [5.74, 6) is 0.584. The minimum Gasteiger partial charge on any atom is -0.495 e. The Labute approximate surface area is 197 Å². The smallest absolute Gasteiger partial charge is 0.136 e. The van der Waals surface area contributed by atoms with Crippen LogP contribution < -0.4 is 15.4 Å². The summed E-state index contributed by atoms with van der Waals surface area (Å²) in [5.41, 5.74) is 4.59. The Kier molecular flexibility index (Phi) is 7.30. The Hall–Kier alpha value is -2.90. The molecule has 0 aromatic heterocycles. The highest BCUT2D eigenvalue weighted by Gasteiger charge is 2.40. The molecule has 4 atom stereocenters. The first-order valence-corrected chi connectivity index (χ1v) is 11.9. The molecule has 2 aromatic carbocycles. The topological polar surface area (TPSA) is 84.1 Å². The fraction of sp³-hybridized carbons (Fsp3) is 0.481. The minimum atomic E-state index is -0.120. The number of methoxy groups -OCH3 is 1. The average molecular weight is 444 g/mol. The number of hydrogen-bond acceptors (Lipinski definition) is 6. The van der Waals surface area contributed by atoms with Gasteiger partial charge in [-0.2, -0.15) is 10.5 Å². The zero-order valence-electron chi connectivity index (χ0n) is 19.8. The lowest BCUT2D eigenvalue weighted by atomic mass is 9.92. The first-order chi connectivity index (χ1) is 16.1. The molecular weight excluding hydrogens is 410 g/mol. The highest BCUT2D eigenvalue weighted by Crippen LogP contribution is 2.42. The molecule has 172 valence electrons. The molecule has 2 bridgehead atoms. The van der Waals surface area contributed by atoms with Gasteiger partial charge in [-0.25, -0.2) is 0 Å². The van der Waals surface area contributed by atoms with Crippen LogP contribution in [0, 0.1) is 22.7 Å². The number of piperidine rings is 1. The normalized spacial score (nSPS) is 21.7. The lowest BCUT2D eigenvalue weighted by molar-refractivity contribution is 0.0943. The van der Waals surface area contributed by atoms with Crippen LogP contribution in [0.15, 0.2) is 36.4 Å². The SMILES string of the molecule is CNC(NCc1ccc(OC)c(C#N)c1)c1cc(C#N)ccc1C(C)N1C2CCCC1CC2. The number of hydrogen-bond donors (Lipinski definition) is 2. The third-order valence-electron chi connectivity index (χ3n) is 7.36. The molecule has 0 radical (unpaired) electrons. The predicted octanol–water partition coefficient (Wildman–Crippen LogP) is 4.52. The minimum absolute atomic E-state index is 0.120. The van der Waals surface area contributed by atoms with Gasteiger partial charge < -0.3 is 10.1 Å². The van der Waals surface area contributed by atoms with Gasteiger partial charge in [0.1, 0.15) is 11.8 Å². The van der Waals surface area contributed by atoms with Crippen molar-refractivity contribution < 1.29 is 4.74 Å². The number of benzene rings is 2. The number of rotatable bonds is 8. The zero-order valence-corrected chi connectivity index (χ0v) is 19.8. The summed E-state index contributed by atoms with van der Waals surface area (Å²) in [7, 11) is 3.51. The lowest BCUT2D eigenvalue weighted by Gasteiger charge is -2.40. The van der Waals surface area contributed by atoms with Crippen LogP contribution >= 0.6 is 0 Å². The van der Waals surface area contributed by atoms with Gasteiger partial charge in [-0.3, -0.25) is 10.2 Å². The van der Waals surface area contributed by atoms with Crippen molar-refractivity contribution in [1.29, 1.82) is 10.5 Å². The van der Waals surface area contributed by atoms with Crippen LogP contribution in [0.1, 0.15) is 79.1 Å². The molecule has 0 spiro atoms. The van der Waals surface area contributed by atoms with Crippen molar-refractivity contribution >= 4 is 0 Å². The van der Waals surface area contributed by atoms with Crippen LogP contribution in [0.2, 0.25) is 0 Å². The molecular formula is C27H33N5O. The molecule has 2 aliphatic rings. The van der Waals surface area contributed by atoms with E-state index in [4.69, 9.17) is 4.74 Å². The summed E-state index contributed by atoms with van der Waals surface area (Å²) in [6, 6.07) is 17.9. The van der Waals surface area contributed by atoms with Gasteiger partial charge in [-0.15, -0.1) is 0 Å². The maximum atomic E-state index is 9.56. The molecule has 6 nitrogen and oxygen atoms in total. The molecule has 2 heterocycles. The van der Waals surface area contributed by atoms with E-state index in [-0.39, 0.29) is 6.17 Å². The van der Waals surface area contributed by atoms with Crippen LogP contribution in [0.4, 0.5) is 0 Å². The van der Waals surface area contributed by atoms with Gasteiger partial charge in [0.05, 0.1) is 30.5 Å². The maximum Gasteiger partial charge on any atom is 0.136 e. The van der Waals surface area contributed by atoms with E-state index in [2.05, 4.69) is 40.7 Å². The second-order valence-electron chi connectivity index (χ2n) is 9.14. The Balaban J connectivity index is 1.59. The van der Waals surface area contributed by atoms with Gasteiger partial charge in [0.25, 0.3) is 0 Å². The van der Waals surface area contributed by atoms with E-state index in [9.17, 15) is 10.5 Å². The van der Waals surface area contributed by atoms with Gasteiger partial charge in [0.2, 0.25) is 0 Å². The number of nitrogens with zero attached hydrogens (tertiary/aromatic N) is 3. The van der Waals surface area contributed by atoms with Gasteiger partial charge in [0, 0.05) is 24.7 Å². The molecule has 2 aliphatic heterocycles. The fourth-order valence-electron chi connectivity index (χ4n) is 5.76. The Morgan fingerprint density at radius 3 is 2.42 bits per heavy atom. The van der Waals surface area contributed by atoms with Crippen molar-refractivity contribution in [2.45, 2.75) is 69.9 Å². The first-order valence-electron chi connectivity index (χ1n) is 11.9. The highest BCUT2D eigenvalue weighted by molar-refractivity contribution is 5.45. The predicted molar refractivity (Wildman–Crippen MR) is 128 cm³/mol.